The molecule has 1 aromatic carbocycles. The number of carbonyl (C=O) groups excluding carboxylic acids is 1. The molecule has 2 aromatic rings. The van der Waals surface area contributed by atoms with Crippen molar-refractivity contribution in [3.63, 3.8) is 0 Å². The summed E-state index contributed by atoms with van der Waals surface area (Å²) in [6, 6.07) is 8.15. The minimum Gasteiger partial charge on any atom is -0.493 e. The Labute approximate surface area is 159 Å². The standard InChI is InChI=1S/C20H25N5O2/c1-24-6-8-25(9-7-24)20(26)17-12-21-13-19(23-17)22-11-15-10-16-4-2-3-5-18(16)27-14-15/h2-5,12-13,15H,6-11,14H2,1H3,(H,22,23). The first kappa shape index (κ1) is 17.7. The number of fused-ring (bicyclic) bond motifs is 1. The largest absolute Gasteiger partial charge is 0.493 e. The maximum Gasteiger partial charge on any atom is 0.274 e. The van der Waals surface area contributed by atoms with E-state index in [-0.39, 0.29) is 5.91 Å². The Morgan fingerprint density at radius 1 is 1.22 bits per heavy atom. The van der Waals surface area contributed by atoms with E-state index < -0.39 is 0 Å². The second-order valence-corrected chi connectivity index (χ2v) is 7.25. The summed E-state index contributed by atoms with van der Waals surface area (Å²) in [5.74, 6) is 1.93. The van der Waals surface area contributed by atoms with Gasteiger partial charge in [-0.3, -0.25) is 9.78 Å². The molecule has 0 radical (unpaired) electrons. The fraction of sp³-hybridized carbons (Fsp3) is 0.450. The summed E-state index contributed by atoms with van der Waals surface area (Å²) in [5, 5.41) is 3.32. The van der Waals surface area contributed by atoms with E-state index in [0.717, 1.165) is 44.9 Å². The van der Waals surface area contributed by atoms with Gasteiger partial charge in [-0.15, -0.1) is 0 Å². The van der Waals surface area contributed by atoms with Crippen LogP contribution in [0.4, 0.5) is 5.82 Å². The Kier molecular flexibility index (Phi) is 5.20. The number of rotatable bonds is 4. The van der Waals surface area contributed by atoms with E-state index in [9.17, 15) is 4.79 Å². The Hall–Kier alpha value is -2.67. The number of nitrogens with one attached hydrogen (secondary N) is 1. The molecule has 27 heavy (non-hydrogen) atoms. The van der Waals surface area contributed by atoms with Gasteiger partial charge < -0.3 is 19.9 Å². The highest BCUT2D eigenvalue weighted by molar-refractivity contribution is 5.92. The number of para-hydroxylation sites is 1. The maximum absolute atomic E-state index is 12.7. The molecule has 1 saturated heterocycles. The highest BCUT2D eigenvalue weighted by atomic mass is 16.5. The molecular formula is C20H25N5O2. The third-order valence-corrected chi connectivity index (χ3v) is 5.17. The van der Waals surface area contributed by atoms with E-state index in [0.29, 0.717) is 24.0 Å². The van der Waals surface area contributed by atoms with Crippen molar-refractivity contribution in [3.05, 3.63) is 47.9 Å². The lowest BCUT2D eigenvalue weighted by molar-refractivity contribution is 0.0658. The van der Waals surface area contributed by atoms with E-state index in [4.69, 9.17) is 4.74 Å². The molecule has 4 rings (SSSR count). The zero-order valence-electron chi connectivity index (χ0n) is 15.6. The fourth-order valence-electron chi connectivity index (χ4n) is 3.50. The number of piperazine rings is 1. The molecule has 0 bridgehead atoms. The third-order valence-electron chi connectivity index (χ3n) is 5.17. The number of ether oxygens (including phenoxy) is 1. The van der Waals surface area contributed by atoms with Gasteiger partial charge in [0.05, 0.1) is 19.0 Å². The Morgan fingerprint density at radius 2 is 2.04 bits per heavy atom. The highest BCUT2D eigenvalue weighted by Gasteiger charge is 2.22. The number of hydrogen-bond donors (Lipinski definition) is 1. The second kappa shape index (κ2) is 7.92. The Morgan fingerprint density at radius 3 is 2.89 bits per heavy atom. The average molecular weight is 367 g/mol. The highest BCUT2D eigenvalue weighted by Crippen LogP contribution is 2.26. The number of nitrogens with zero attached hydrogens (tertiary/aromatic N) is 4. The lowest BCUT2D eigenvalue weighted by Crippen LogP contribution is -2.47. The molecule has 7 nitrogen and oxygen atoms in total. The summed E-state index contributed by atoms with van der Waals surface area (Å²) in [6.45, 7) is 4.65. The molecule has 0 aliphatic carbocycles. The van der Waals surface area contributed by atoms with Crippen molar-refractivity contribution >= 4 is 11.7 Å². The molecular weight excluding hydrogens is 342 g/mol. The van der Waals surface area contributed by atoms with Crippen molar-refractivity contribution in [2.45, 2.75) is 6.42 Å². The predicted molar refractivity (Wildman–Crippen MR) is 103 cm³/mol. The summed E-state index contributed by atoms with van der Waals surface area (Å²) in [7, 11) is 2.07. The van der Waals surface area contributed by atoms with Crippen molar-refractivity contribution in [1.29, 1.82) is 0 Å². The van der Waals surface area contributed by atoms with Crippen LogP contribution in [0.5, 0.6) is 5.75 Å². The van der Waals surface area contributed by atoms with Gasteiger partial charge in [-0.1, -0.05) is 18.2 Å². The second-order valence-electron chi connectivity index (χ2n) is 7.25. The van der Waals surface area contributed by atoms with Gasteiger partial charge in [0.25, 0.3) is 5.91 Å². The zero-order valence-corrected chi connectivity index (χ0v) is 15.6. The summed E-state index contributed by atoms with van der Waals surface area (Å²) in [6.07, 6.45) is 4.18. The monoisotopic (exact) mass is 367 g/mol. The predicted octanol–water partition coefficient (Wildman–Crippen LogP) is 1.53. The molecule has 1 fully saturated rings. The first-order valence-corrected chi connectivity index (χ1v) is 9.43. The van der Waals surface area contributed by atoms with Crippen molar-refractivity contribution in [2.24, 2.45) is 5.92 Å². The van der Waals surface area contributed by atoms with Crippen LogP contribution in [-0.2, 0) is 6.42 Å². The Balaban J connectivity index is 1.35. The zero-order chi connectivity index (χ0) is 18.6. The summed E-state index contributed by atoms with van der Waals surface area (Å²) in [5.41, 5.74) is 1.63. The lowest BCUT2D eigenvalue weighted by Gasteiger charge is -2.32. The van der Waals surface area contributed by atoms with E-state index >= 15 is 0 Å². The molecule has 1 atom stereocenters. The summed E-state index contributed by atoms with van der Waals surface area (Å²) >= 11 is 0. The number of hydrogen-bond acceptors (Lipinski definition) is 6. The fourth-order valence-corrected chi connectivity index (χ4v) is 3.50. The van der Waals surface area contributed by atoms with Gasteiger partial charge in [0.1, 0.15) is 17.3 Å². The number of benzene rings is 1. The molecule has 3 heterocycles. The number of amides is 1. The van der Waals surface area contributed by atoms with Gasteiger partial charge in [0.15, 0.2) is 0 Å². The SMILES string of the molecule is CN1CCN(C(=O)c2cncc(NCC3COc4ccccc4C3)n2)CC1. The van der Waals surface area contributed by atoms with E-state index in [1.165, 1.54) is 5.56 Å². The first-order chi connectivity index (χ1) is 13.2. The number of likely N-dealkylation sites (N-methyl/N-ethyl adjacent to an activating group) is 1. The smallest absolute Gasteiger partial charge is 0.274 e. The molecule has 7 heteroatoms. The van der Waals surface area contributed by atoms with Crippen LogP contribution < -0.4 is 10.1 Å². The van der Waals surface area contributed by atoms with Crippen LogP contribution in [-0.4, -0.2) is 72.1 Å². The molecule has 1 N–H and O–H groups in total. The normalized spacial score (nSPS) is 19.9. The van der Waals surface area contributed by atoms with Gasteiger partial charge >= 0.3 is 0 Å². The number of anilines is 1. The summed E-state index contributed by atoms with van der Waals surface area (Å²) in [4.78, 5) is 25.4. The Bertz CT molecular complexity index is 804. The maximum atomic E-state index is 12.7. The van der Waals surface area contributed by atoms with Crippen molar-refractivity contribution in [3.8, 4) is 5.75 Å². The molecule has 2 aliphatic rings. The van der Waals surface area contributed by atoms with Gasteiger partial charge in [0, 0.05) is 38.6 Å². The van der Waals surface area contributed by atoms with Crippen LogP contribution in [0.25, 0.3) is 0 Å². The average Bonchev–Trinajstić information content (AvgIpc) is 2.72. The van der Waals surface area contributed by atoms with E-state index in [1.807, 2.05) is 23.1 Å². The van der Waals surface area contributed by atoms with Crippen LogP contribution in [0.3, 0.4) is 0 Å². The molecule has 1 unspecified atom stereocenters. The molecule has 142 valence electrons. The molecule has 1 aromatic heterocycles. The number of aromatic nitrogens is 2. The van der Waals surface area contributed by atoms with Crippen LogP contribution in [0.2, 0.25) is 0 Å². The summed E-state index contributed by atoms with van der Waals surface area (Å²) < 4.78 is 5.83. The van der Waals surface area contributed by atoms with Gasteiger partial charge in [-0.05, 0) is 25.1 Å². The first-order valence-electron chi connectivity index (χ1n) is 9.43. The molecule has 0 saturated carbocycles. The van der Waals surface area contributed by atoms with E-state index in [1.54, 1.807) is 12.4 Å². The van der Waals surface area contributed by atoms with Crippen LogP contribution in [0.15, 0.2) is 36.7 Å². The topological polar surface area (TPSA) is 70.6 Å². The van der Waals surface area contributed by atoms with Crippen LogP contribution >= 0.6 is 0 Å². The number of carbonyl (C=O) groups is 1. The minimum absolute atomic E-state index is 0.0471. The minimum atomic E-state index is -0.0471. The van der Waals surface area contributed by atoms with E-state index in [2.05, 4.69) is 33.3 Å². The molecule has 0 spiro atoms. The molecule has 2 aliphatic heterocycles. The van der Waals surface area contributed by atoms with Gasteiger partial charge in [-0.2, -0.15) is 0 Å². The lowest BCUT2D eigenvalue weighted by atomic mass is 9.97. The van der Waals surface area contributed by atoms with Crippen LogP contribution in [0.1, 0.15) is 16.1 Å². The van der Waals surface area contributed by atoms with Crippen molar-refractivity contribution in [2.75, 3.05) is 51.7 Å². The third kappa shape index (κ3) is 4.19. The van der Waals surface area contributed by atoms with Crippen molar-refractivity contribution in [1.82, 2.24) is 19.8 Å². The van der Waals surface area contributed by atoms with Gasteiger partial charge in [-0.25, -0.2) is 4.98 Å². The van der Waals surface area contributed by atoms with Crippen LogP contribution in [0, 0.1) is 5.92 Å². The molecule has 1 amide bonds. The van der Waals surface area contributed by atoms with Gasteiger partial charge in [0.2, 0.25) is 0 Å². The quantitative estimate of drug-likeness (QED) is 0.884. The van der Waals surface area contributed by atoms with Crippen molar-refractivity contribution < 1.29 is 9.53 Å².